The average molecular weight is 496 g/mol. The largest absolute Gasteiger partial charge is 0.366 e. The summed E-state index contributed by atoms with van der Waals surface area (Å²) < 4.78 is 13.8. The van der Waals surface area contributed by atoms with E-state index in [9.17, 15) is 18.8 Å². The van der Waals surface area contributed by atoms with Gasteiger partial charge < -0.3 is 10.2 Å². The number of amides is 3. The van der Waals surface area contributed by atoms with Gasteiger partial charge in [-0.25, -0.2) is 4.39 Å². The first-order chi connectivity index (χ1) is 16.5. The normalized spacial score (nSPS) is 20.4. The van der Waals surface area contributed by atoms with Crippen molar-refractivity contribution in [2.45, 2.75) is 52.5 Å². The van der Waals surface area contributed by atoms with Crippen molar-refractivity contribution in [3.05, 3.63) is 63.8 Å². The van der Waals surface area contributed by atoms with Crippen LogP contribution in [0.15, 0.2) is 41.3 Å². The van der Waals surface area contributed by atoms with Crippen LogP contribution in [0.3, 0.4) is 0 Å². The number of rotatable bonds is 5. The third-order valence-corrected chi connectivity index (χ3v) is 7.61. The highest BCUT2D eigenvalue weighted by molar-refractivity contribution is 8.18. The van der Waals surface area contributed by atoms with Gasteiger partial charge in [0.2, 0.25) is 5.91 Å². The summed E-state index contributed by atoms with van der Waals surface area (Å²) in [6.45, 7) is 11.3. The molecule has 0 radical (unpaired) electrons. The second kappa shape index (κ2) is 9.49. The molecule has 0 spiro atoms. The molecular formula is C27H30FN3O3S. The summed E-state index contributed by atoms with van der Waals surface area (Å²) in [4.78, 5) is 41.5. The number of imide groups is 1. The summed E-state index contributed by atoms with van der Waals surface area (Å²) in [5.41, 5.74) is 4.39. The molecule has 8 heteroatoms. The highest BCUT2D eigenvalue weighted by Crippen LogP contribution is 2.45. The van der Waals surface area contributed by atoms with E-state index in [2.05, 4.69) is 50.0 Å². The Morgan fingerprint density at radius 1 is 1.26 bits per heavy atom. The summed E-state index contributed by atoms with van der Waals surface area (Å²) in [7, 11) is 0. The van der Waals surface area contributed by atoms with Crippen LogP contribution in [0, 0.1) is 12.7 Å². The quantitative estimate of drug-likeness (QED) is 0.522. The summed E-state index contributed by atoms with van der Waals surface area (Å²) in [6.07, 6.45) is 2.75. The molecule has 184 valence electrons. The van der Waals surface area contributed by atoms with Gasteiger partial charge in [0.25, 0.3) is 11.1 Å². The fourth-order valence-corrected chi connectivity index (χ4v) is 5.91. The number of carbonyl (C=O) groups excluding carboxylic acids is 3. The first-order valence-corrected chi connectivity index (χ1v) is 12.6. The zero-order valence-corrected chi connectivity index (χ0v) is 21.5. The number of nitrogens with one attached hydrogen (secondary N) is 1. The predicted octanol–water partition coefficient (Wildman–Crippen LogP) is 5.92. The van der Waals surface area contributed by atoms with E-state index in [-0.39, 0.29) is 16.1 Å². The molecule has 3 amide bonds. The van der Waals surface area contributed by atoms with Gasteiger partial charge in [-0.05, 0) is 98.8 Å². The van der Waals surface area contributed by atoms with Crippen molar-refractivity contribution in [3.63, 3.8) is 0 Å². The number of halogens is 1. The lowest BCUT2D eigenvalue weighted by Gasteiger charge is -2.47. The minimum atomic E-state index is -0.639. The molecule has 2 aromatic carbocycles. The molecule has 2 aliphatic heterocycles. The number of carbonyl (C=O) groups is 3. The Hall–Kier alpha value is -3.13. The van der Waals surface area contributed by atoms with Crippen LogP contribution in [-0.2, 0) is 9.59 Å². The third-order valence-electron chi connectivity index (χ3n) is 6.70. The number of para-hydroxylation sites is 1. The van der Waals surface area contributed by atoms with Crippen LogP contribution < -0.4 is 10.2 Å². The van der Waals surface area contributed by atoms with Crippen molar-refractivity contribution >= 4 is 46.3 Å². The van der Waals surface area contributed by atoms with Crippen molar-refractivity contribution < 1.29 is 18.8 Å². The minimum absolute atomic E-state index is 0.00289. The Morgan fingerprint density at radius 2 is 1.97 bits per heavy atom. The SMILES string of the molecule is CCN1c2cc(C)c(/C=C3\SC(=O)N(CC(=O)Nc4ccccc4F)C3=O)cc2[C@H](C)CC1(C)C. The molecular weight excluding hydrogens is 465 g/mol. The monoisotopic (exact) mass is 495 g/mol. The number of fused-ring (bicyclic) bond motifs is 1. The molecule has 4 rings (SSSR count). The molecule has 0 aromatic heterocycles. The van der Waals surface area contributed by atoms with Gasteiger partial charge in [-0.15, -0.1) is 0 Å². The molecule has 35 heavy (non-hydrogen) atoms. The van der Waals surface area contributed by atoms with E-state index in [4.69, 9.17) is 0 Å². The molecule has 0 saturated carbocycles. The molecule has 2 aliphatic rings. The first kappa shape index (κ1) is 25.0. The van der Waals surface area contributed by atoms with Crippen molar-refractivity contribution in [2.24, 2.45) is 0 Å². The maximum Gasteiger partial charge on any atom is 0.294 e. The van der Waals surface area contributed by atoms with Gasteiger partial charge >= 0.3 is 0 Å². The highest BCUT2D eigenvalue weighted by Gasteiger charge is 2.38. The van der Waals surface area contributed by atoms with E-state index in [1.807, 2.05) is 6.92 Å². The first-order valence-electron chi connectivity index (χ1n) is 11.7. The number of thioether (sulfide) groups is 1. The molecule has 1 fully saturated rings. The predicted molar refractivity (Wildman–Crippen MR) is 139 cm³/mol. The van der Waals surface area contributed by atoms with E-state index in [0.29, 0.717) is 5.92 Å². The summed E-state index contributed by atoms with van der Waals surface area (Å²) in [5, 5.41) is 1.89. The third kappa shape index (κ3) is 4.85. The molecule has 6 nitrogen and oxygen atoms in total. The second-order valence-electron chi connectivity index (χ2n) is 9.73. The van der Waals surface area contributed by atoms with E-state index < -0.39 is 29.4 Å². The Kier molecular flexibility index (Phi) is 6.77. The van der Waals surface area contributed by atoms with E-state index in [0.717, 1.165) is 40.8 Å². The Labute approximate surface area is 209 Å². The zero-order valence-electron chi connectivity index (χ0n) is 20.6. The van der Waals surface area contributed by atoms with E-state index >= 15 is 0 Å². The van der Waals surface area contributed by atoms with Gasteiger partial charge in [0, 0.05) is 17.8 Å². The van der Waals surface area contributed by atoms with Gasteiger partial charge in [-0.1, -0.05) is 19.1 Å². The Morgan fingerprint density at radius 3 is 2.66 bits per heavy atom. The summed E-state index contributed by atoms with van der Waals surface area (Å²) in [6, 6.07) is 10.0. The van der Waals surface area contributed by atoms with Gasteiger partial charge in [-0.2, -0.15) is 0 Å². The molecule has 0 bridgehead atoms. The van der Waals surface area contributed by atoms with Crippen LogP contribution in [0.2, 0.25) is 0 Å². The van der Waals surface area contributed by atoms with Crippen LogP contribution in [-0.4, -0.2) is 40.6 Å². The van der Waals surface area contributed by atoms with Gasteiger partial charge in [0.05, 0.1) is 10.6 Å². The fraction of sp³-hybridized carbons (Fsp3) is 0.370. The smallest absolute Gasteiger partial charge is 0.294 e. The fourth-order valence-electron chi connectivity index (χ4n) is 5.08. The second-order valence-corrected chi connectivity index (χ2v) is 10.7. The molecule has 1 saturated heterocycles. The highest BCUT2D eigenvalue weighted by atomic mass is 32.2. The average Bonchev–Trinajstić information content (AvgIpc) is 3.03. The lowest BCUT2D eigenvalue weighted by Crippen LogP contribution is -2.48. The van der Waals surface area contributed by atoms with Crippen LogP contribution in [0.1, 0.15) is 56.7 Å². The number of hydrogen-bond acceptors (Lipinski definition) is 5. The molecule has 1 atom stereocenters. The van der Waals surface area contributed by atoms with E-state index in [1.165, 1.54) is 29.4 Å². The zero-order chi connectivity index (χ0) is 25.5. The van der Waals surface area contributed by atoms with Crippen LogP contribution in [0.25, 0.3) is 6.08 Å². The van der Waals surface area contributed by atoms with Crippen molar-refractivity contribution in [1.82, 2.24) is 4.90 Å². The summed E-state index contributed by atoms with van der Waals surface area (Å²) >= 11 is 0.814. The van der Waals surface area contributed by atoms with Gasteiger partial charge in [-0.3, -0.25) is 19.3 Å². The van der Waals surface area contributed by atoms with Crippen molar-refractivity contribution in [3.8, 4) is 0 Å². The van der Waals surface area contributed by atoms with E-state index in [1.54, 1.807) is 12.1 Å². The number of benzene rings is 2. The number of hydrogen-bond donors (Lipinski definition) is 1. The maximum absolute atomic E-state index is 13.8. The topological polar surface area (TPSA) is 69.7 Å². The van der Waals surface area contributed by atoms with Crippen LogP contribution in [0.5, 0.6) is 0 Å². The number of aryl methyl sites for hydroxylation is 1. The molecule has 1 N–H and O–H groups in total. The Balaban J connectivity index is 1.56. The number of nitrogens with zero attached hydrogens (tertiary/aromatic N) is 2. The standard InChI is InChI=1S/C27H30FN3O3S/c1-6-31-22-11-16(2)18(12-19(22)17(3)14-27(31,4)5)13-23-25(33)30(26(34)35-23)15-24(32)29-21-10-8-7-9-20(21)28/h7-13,17H,6,14-15H2,1-5H3,(H,29,32)/b23-13-/t17-/m1/s1. The number of anilines is 2. The van der Waals surface area contributed by atoms with Crippen molar-refractivity contribution in [2.75, 3.05) is 23.3 Å². The molecule has 0 aliphatic carbocycles. The lowest BCUT2D eigenvalue weighted by atomic mass is 9.79. The Bertz CT molecular complexity index is 1240. The maximum atomic E-state index is 13.8. The lowest BCUT2D eigenvalue weighted by molar-refractivity contribution is -0.127. The molecule has 0 unspecified atom stereocenters. The minimum Gasteiger partial charge on any atom is -0.366 e. The van der Waals surface area contributed by atoms with Crippen molar-refractivity contribution in [1.29, 1.82) is 0 Å². The van der Waals surface area contributed by atoms with Crippen LogP contribution >= 0.6 is 11.8 Å². The molecule has 2 heterocycles. The summed E-state index contributed by atoms with van der Waals surface area (Å²) in [5.74, 6) is -1.39. The molecule has 2 aromatic rings. The van der Waals surface area contributed by atoms with Crippen LogP contribution in [0.4, 0.5) is 20.6 Å². The van der Waals surface area contributed by atoms with Gasteiger partial charge in [0.15, 0.2) is 0 Å². The van der Waals surface area contributed by atoms with Gasteiger partial charge in [0.1, 0.15) is 12.4 Å².